The van der Waals surface area contributed by atoms with E-state index >= 15 is 0 Å². The Bertz CT molecular complexity index is 837. The summed E-state index contributed by atoms with van der Waals surface area (Å²) in [6, 6.07) is 11.9. The van der Waals surface area contributed by atoms with Gasteiger partial charge in [0.05, 0.1) is 23.5 Å². The van der Waals surface area contributed by atoms with Crippen LogP contribution in [-0.2, 0) is 11.3 Å². The number of benzene rings is 1. The molecule has 0 radical (unpaired) electrons. The number of carbonyl (C=O) groups excluding carboxylic acids is 1. The highest BCUT2D eigenvalue weighted by Crippen LogP contribution is 2.09. The van der Waals surface area contributed by atoms with E-state index in [4.69, 9.17) is 4.74 Å². The van der Waals surface area contributed by atoms with Gasteiger partial charge in [-0.25, -0.2) is 14.5 Å². The largest absolute Gasteiger partial charge is 0.444 e. The molecule has 0 spiro atoms. The number of hydrogen-bond acceptors (Lipinski definition) is 4. The van der Waals surface area contributed by atoms with Crippen molar-refractivity contribution in [3.8, 4) is 5.69 Å². The molecule has 8 heteroatoms. The van der Waals surface area contributed by atoms with Crippen molar-refractivity contribution >= 4 is 12.1 Å². The van der Waals surface area contributed by atoms with E-state index in [1.165, 1.54) is 0 Å². The van der Waals surface area contributed by atoms with Crippen molar-refractivity contribution in [3.63, 3.8) is 0 Å². The Morgan fingerprint density at radius 2 is 1.80 bits per heavy atom. The van der Waals surface area contributed by atoms with Gasteiger partial charge in [0, 0.05) is 19.3 Å². The van der Waals surface area contributed by atoms with Crippen LogP contribution in [0, 0.1) is 0 Å². The fourth-order valence-corrected chi connectivity index (χ4v) is 2.60. The molecule has 2 rings (SSSR count). The van der Waals surface area contributed by atoms with E-state index in [-0.39, 0.29) is 0 Å². The number of alkyl carbamates (subject to hydrolysis) is 1. The molecular formula is C22H34N6O2. The van der Waals surface area contributed by atoms with E-state index in [1.54, 1.807) is 0 Å². The lowest BCUT2D eigenvalue weighted by Crippen LogP contribution is -2.54. The minimum absolute atomic E-state index is 0.440. The van der Waals surface area contributed by atoms with E-state index in [2.05, 4.69) is 26.0 Å². The highest BCUT2D eigenvalue weighted by atomic mass is 16.6. The zero-order valence-electron chi connectivity index (χ0n) is 18.8. The summed E-state index contributed by atoms with van der Waals surface area (Å²) in [7, 11) is 0. The van der Waals surface area contributed by atoms with Gasteiger partial charge in [-0.1, -0.05) is 18.2 Å². The van der Waals surface area contributed by atoms with Crippen LogP contribution in [0.1, 0.15) is 47.2 Å². The topological polar surface area (TPSA) is 92.6 Å². The van der Waals surface area contributed by atoms with Crippen molar-refractivity contribution in [2.24, 2.45) is 4.99 Å². The Labute approximate surface area is 179 Å². The lowest BCUT2D eigenvalue weighted by molar-refractivity contribution is 0.0474. The molecule has 0 aliphatic heterocycles. The van der Waals surface area contributed by atoms with E-state index in [0.29, 0.717) is 19.0 Å². The van der Waals surface area contributed by atoms with Crippen LogP contribution in [0.3, 0.4) is 0 Å². The minimum atomic E-state index is -0.535. The third kappa shape index (κ3) is 8.14. The number of rotatable bonds is 7. The molecule has 164 valence electrons. The smallest absolute Gasteiger partial charge is 0.408 e. The van der Waals surface area contributed by atoms with Gasteiger partial charge in [0.25, 0.3) is 0 Å². The Balaban J connectivity index is 1.94. The van der Waals surface area contributed by atoms with Gasteiger partial charge < -0.3 is 20.7 Å². The maximum absolute atomic E-state index is 12.1. The molecule has 0 saturated heterocycles. The van der Waals surface area contributed by atoms with E-state index < -0.39 is 17.2 Å². The molecule has 0 unspecified atom stereocenters. The molecule has 0 aliphatic rings. The van der Waals surface area contributed by atoms with Gasteiger partial charge in [0.15, 0.2) is 5.96 Å². The number of hydrogen-bond donors (Lipinski definition) is 3. The summed E-state index contributed by atoms with van der Waals surface area (Å²) in [5.41, 5.74) is 0.815. The van der Waals surface area contributed by atoms with Crippen LogP contribution in [0.25, 0.3) is 5.69 Å². The quantitative estimate of drug-likeness (QED) is 0.478. The molecule has 8 nitrogen and oxygen atoms in total. The summed E-state index contributed by atoms with van der Waals surface area (Å²) in [5, 5.41) is 13.9. The van der Waals surface area contributed by atoms with Gasteiger partial charge in [-0.15, -0.1) is 0 Å². The first kappa shape index (κ1) is 23.3. The molecule has 3 N–H and O–H groups in total. The molecule has 1 amide bonds. The average molecular weight is 415 g/mol. The summed E-state index contributed by atoms with van der Waals surface area (Å²) >= 11 is 0. The van der Waals surface area contributed by atoms with Crippen LogP contribution in [-0.4, -0.2) is 46.1 Å². The molecule has 0 saturated carbocycles. The highest BCUT2D eigenvalue weighted by molar-refractivity contribution is 5.80. The van der Waals surface area contributed by atoms with Crippen molar-refractivity contribution in [2.45, 2.75) is 59.2 Å². The predicted octanol–water partition coefficient (Wildman–Crippen LogP) is 3.23. The van der Waals surface area contributed by atoms with Crippen LogP contribution in [0.15, 0.2) is 47.6 Å². The fourth-order valence-electron chi connectivity index (χ4n) is 2.60. The summed E-state index contributed by atoms with van der Waals surface area (Å²) in [6.45, 7) is 13.0. The van der Waals surface area contributed by atoms with Crippen molar-refractivity contribution in [2.75, 3.05) is 13.1 Å². The highest BCUT2D eigenvalue weighted by Gasteiger charge is 2.24. The van der Waals surface area contributed by atoms with Gasteiger partial charge in [0.2, 0.25) is 0 Å². The lowest BCUT2D eigenvalue weighted by atomic mass is 10.1. The fraction of sp³-hybridized carbons (Fsp3) is 0.500. The number of carbonyl (C=O) groups is 1. The summed E-state index contributed by atoms with van der Waals surface area (Å²) in [6.07, 6.45) is 1.48. The first-order valence-corrected chi connectivity index (χ1v) is 10.2. The number of para-hydroxylation sites is 1. The molecular weight excluding hydrogens is 380 g/mol. The average Bonchev–Trinajstić information content (AvgIpc) is 3.12. The molecule has 0 aliphatic carbocycles. The number of ether oxygens (including phenoxy) is 1. The molecule has 1 aromatic carbocycles. The van der Waals surface area contributed by atoms with Crippen LogP contribution in [0.4, 0.5) is 4.79 Å². The summed E-state index contributed by atoms with van der Waals surface area (Å²) in [5.74, 6) is 0.658. The van der Waals surface area contributed by atoms with E-state index in [1.807, 2.05) is 88.8 Å². The molecule has 2 aromatic rings. The van der Waals surface area contributed by atoms with Gasteiger partial charge in [-0.2, -0.15) is 5.10 Å². The van der Waals surface area contributed by atoms with Crippen molar-refractivity contribution < 1.29 is 9.53 Å². The number of amides is 1. The predicted molar refractivity (Wildman–Crippen MR) is 120 cm³/mol. The monoisotopic (exact) mass is 414 g/mol. The number of aromatic nitrogens is 2. The first-order chi connectivity index (χ1) is 14.1. The minimum Gasteiger partial charge on any atom is -0.444 e. The Hall–Kier alpha value is -3.03. The second kappa shape index (κ2) is 10.1. The number of guanidine groups is 1. The standard InChI is InChI=1S/C22H34N6O2/c1-7-23-19(25-16-22(5,6)26-20(29)30-21(2,3)4)24-15-17-13-14-28(27-17)18-11-9-8-10-12-18/h8-14H,7,15-16H2,1-6H3,(H,26,29)(H2,23,24,25). The van der Waals surface area contributed by atoms with E-state index in [0.717, 1.165) is 17.9 Å². The molecule has 1 aromatic heterocycles. The second-order valence-electron chi connectivity index (χ2n) is 8.65. The van der Waals surface area contributed by atoms with Crippen LogP contribution < -0.4 is 16.0 Å². The second-order valence-corrected chi connectivity index (χ2v) is 8.65. The first-order valence-electron chi connectivity index (χ1n) is 10.2. The summed E-state index contributed by atoms with van der Waals surface area (Å²) < 4.78 is 7.17. The van der Waals surface area contributed by atoms with Crippen LogP contribution >= 0.6 is 0 Å². The SMILES string of the molecule is CCNC(=NCc1ccn(-c2ccccc2)n1)NCC(C)(C)NC(=O)OC(C)(C)C. The van der Waals surface area contributed by atoms with Gasteiger partial charge in [-0.3, -0.25) is 0 Å². The molecule has 1 heterocycles. The Morgan fingerprint density at radius 1 is 1.10 bits per heavy atom. The molecule has 0 bridgehead atoms. The maximum Gasteiger partial charge on any atom is 0.408 e. The number of nitrogens with zero attached hydrogens (tertiary/aromatic N) is 3. The third-order valence-corrected chi connectivity index (χ3v) is 3.95. The van der Waals surface area contributed by atoms with Crippen LogP contribution in [0.5, 0.6) is 0 Å². The van der Waals surface area contributed by atoms with Crippen molar-refractivity contribution in [3.05, 3.63) is 48.3 Å². The van der Waals surface area contributed by atoms with Gasteiger partial charge in [0.1, 0.15) is 5.60 Å². The van der Waals surface area contributed by atoms with Crippen molar-refractivity contribution in [1.82, 2.24) is 25.7 Å². The van der Waals surface area contributed by atoms with Gasteiger partial charge in [-0.05, 0) is 59.7 Å². The van der Waals surface area contributed by atoms with Crippen molar-refractivity contribution in [1.29, 1.82) is 0 Å². The van der Waals surface area contributed by atoms with E-state index in [9.17, 15) is 4.79 Å². The lowest BCUT2D eigenvalue weighted by Gasteiger charge is -2.29. The zero-order chi connectivity index (χ0) is 22.2. The Morgan fingerprint density at radius 3 is 2.43 bits per heavy atom. The number of nitrogens with one attached hydrogen (secondary N) is 3. The Kier molecular flexibility index (Phi) is 7.86. The molecule has 0 fully saturated rings. The zero-order valence-corrected chi connectivity index (χ0v) is 18.8. The summed E-state index contributed by atoms with van der Waals surface area (Å²) in [4.78, 5) is 16.7. The van der Waals surface area contributed by atoms with Crippen LogP contribution in [0.2, 0.25) is 0 Å². The maximum atomic E-state index is 12.1. The number of aliphatic imine (C=N–C) groups is 1. The third-order valence-electron chi connectivity index (χ3n) is 3.95. The van der Waals surface area contributed by atoms with Gasteiger partial charge >= 0.3 is 6.09 Å². The molecule has 0 atom stereocenters. The normalized spacial score (nSPS) is 12.4. The molecule has 30 heavy (non-hydrogen) atoms.